The van der Waals surface area contributed by atoms with Crippen molar-refractivity contribution in [1.29, 1.82) is 10.5 Å². The van der Waals surface area contributed by atoms with Crippen LogP contribution in [0.1, 0.15) is 32.1 Å². The molecule has 2 fully saturated rings. The van der Waals surface area contributed by atoms with Gasteiger partial charge in [-0.05, 0) is 43.9 Å². The van der Waals surface area contributed by atoms with Gasteiger partial charge in [0, 0.05) is 11.8 Å². The molecule has 20 heavy (non-hydrogen) atoms. The number of hydrogen-bond donors (Lipinski definition) is 3. The Labute approximate surface area is 118 Å². The number of amides is 2. The van der Waals surface area contributed by atoms with Gasteiger partial charge >= 0.3 is 6.03 Å². The van der Waals surface area contributed by atoms with Gasteiger partial charge in [-0.3, -0.25) is 10.4 Å². The summed E-state index contributed by atoms with van der Waals surface area (Å²) < 4.78 is 0. The molecule has 0 aromatic heterocycles. The van der Waals surface area contributed by atoms with Crippen LogP contribution < -0.4 is 17.1 Å². The zero-order valence-electron chi connectivity index (χ0n) is 11.3. The summed E-state index contributed by atoms with van der Waals surface area (Å²) in [5, 5.41) is 19.4. The Kier molecular flexibility index (Phi) is 4.43. The van der Waals surface area contributed by atoms with Crippen molar-refractivity contribution in [2.75, 3.05) is 0 Å². The molecule has 0 aromatic carbocycles. The highest BCUT2D eigenvalue weighted by molar-refractivity contribution is 5.73. The van der Waals surface area contributed by atoms with Gasteiger partial charge in [0.05, 0.1) is 18.2 Å². The van der Waals surface area contributed by atoms with E-state index >= 15 is 0 Å². The van der Waals surface area contributed by atoms with Crippen molar-refractivity contribution in [1.82, 2.24) is 10.4 Å². The lowest BCUT2D eigenvalue weighted by Crippen LogP contribution is -2.58. The molecule has 2 aliphatic carbocycles. The van der Waals surface area contributed by atoms with Gasteiger partial charge in [0.25, 0.3) is 0 Å². The lowest BCUT2D eigenvalue weighted by molar-refractivity contribution is 0.0360. The Bertz CT molecular complexity index is 451. The molecule has 0 bridgehead atoms. The molecule has 2 amide bonds. The predicted molar refractivity (Wildman–Crippen MR) is 70.8 cm³/mol. The topological polar surface area (TPSA) is 132 Å². The number of nitriles is 2. The second-order valence-electron chi connectivity index (χ2n) is 5.78. The molecule has 0 radical (unpaired) electrons. The van der Waals surface area contributed by atoms with Gasteiger partial charge in [-0.15, -0.1) is 0 Å². The molecule has 0 aliphatic heterocycles. The van der Waals surface area contributed by atoms with E-state index in [2.05, 4.69) is 12.1 Å². The third kappa shape index (κ3) is 2.69. The van der Waals surface area contributed by atoms with E-state index in [0.717, 1.165) is 30.7 Å². The Morgan fingerprint density at radius 1 is 1.15 bits per heavy atom. The zero-order valence-corrected chi connectivity index (χ0v) is 11.3. The van der Waals surface area contributed by atoms with Crippen molar-refractivity contribution in [2.45, 2.75) is 38.1 Å². The summed E-state index contributed by atoms with van der Waals surface area (Å²) in [6.45, 7) is 0. The summed E-state index contributed by atoms with van der Waals surface area (Å²) in [6.07, 6.45) is 3.89. The molecule has 2 saturated carbocycles. The van der Waals surface area contributed by atoms with Gasteiger partial charge in [-0.1, -0.05) is 0 Å². The zero-order chi connectivity index (χ0) is 14.7. The summed E-state index contributed by atoms with van der Waals surface area (Å²) >= 11 is 0. The summed E-state index contributed by atoms with van der Waals surface area (Å²) in [5.74, 6) is 11.5. The molecule has 2 rings (SSSR count). The Balaban J connectivity index is 2.17. The number of hydrazine groups is 2. The largest absolute Gasteiger partial charge is 0.345 e. The number of rotatable bonds is 1. The van der Waals surface area contributed by atoms with Crippen LogP contribution in [0, 0.1) is 46.3 Å². The fourth-order valence-electron chi connectivity index (χ4n) is 3.76. The summed E-state index contributed by atoms with van der Waals surface area (Å²) in [5.41, 5.74) is 2.04. The van der Waals surface area contributed by atoms with Gasteiger partial charge in [-0.2, -0.15) is 10.5 Å². The molecular weight excluding hydrogens is 256 g/mol. The molecule has 0 aromatic rings. The van der Waals surface area contributed by atoms with E-state index in [-0.39, 0.29) is 29.7 Å². The first-order chi connectivity index (χ1) is 9.60. The highest BCUT2D eigenvalue weighted by Crippen LogP contribution is 2.45. The number of carbonyl (C=O) groups excluding carboxylic acids is 1. The number of nitrogens with two attached hydrogens (primary N) is 2. The van der Waals surface area contributed by atoms with Crippen LogP contribution in [-0.2, 0) is 0 Å². The van der Waals surface area contributed by atoms with Crippen LogP contribution in [0.15, 0.2) is 0 Å². The number of carbonyl (C=O) groups is 1. The van der Waals surface area contributed by atoms with E-state index in [0.29, 0.717) is 6.42 Å². The van der Waals surface area contributed by atoms with Gasteiger partial charge in [0.2, 0.25) is 0 Å². The molecule has 0 heterocycles. The number of nitrogens with one attached hydrogen (secondary N) is 1. The van der Waals surface area contributed by atoms with Crippen molar-refractivity contribution in [3.63, 3.8) is 0 Å². The maximum absolute atomic E-state index is 11.6. The molecule has 5 atom stereocenters. The molecule has 0 saturated heterocycles. The van der Waals surface area contributed by atoms with E-state index < -0.39 is 6.03 Å². The van der Waals surface area contributed by atoms with E-state index in [1.165, 1.54) is 0 Å². The molecule has 2 aliphatic rings. The third-order valence-corrected chi connectivity index (χ3v) is 4.73. The third-order valence-electron chi connectivity index (χ3n) is 4.73. The second-order valence-corrected chi connectivity index (χ2v) is 5.78. The Hall–Kier alpha value is -1.83. The number of hydrogen-bond acceptors (Lipinski definition) is 5. The van der Waals surface area contributed by atoms with Crippen LogP contribution in [0.4, 0.5) is 4.79 Å². The van der Waals surface area contributed by atoms with Crippen molar-refractivity contribution in [3.8, 4) is 12.1 Å². The highest BCUT2D eigenvalue weighted by atomic mass is 16.2. The van der Waals surface area contributed by atoms with Crippen LogP contribution in [-0.4, -0.2) is 17.1 Å². The van der Waals surface area contributed by atoms with Crippen LogP contribution in [0.25, 0.3) is 0 Å². The number of fused-ring (bicyclic) bond motifs is 1. The molecule has 5 unspecified atom stereocenters. The predicted octanol–water partition coefficient (Wildman–Crippen LogP) is 0.604. The minimum atomic E-state index is -0.533. The molecule has 0 spiro atoms. The van der Waals surface area contributed by atoms with Gasteiger partial charge in [0.1, 0.15) is 0 Å². The van der Waals surface area contributed by atoms with E-state index in [9.17, 15) is 10.1 Å². The summed E-state index contributed by atoms with van der Waals surface area (Å²) in [6, 6.07) is 3.89. The lowest BCUT2D eigenvalue weighted by Gasteiger charge is -2.46. The average molecular weight is 276 g/mol. The van der Waals surface area contributed by atoms with Crippen LogP contribution in [0.3, 0.4) is 0 Å². The molecule has 108 valence electrons. The van der Waals surface area contributed by atoms with Crippen LogP contribution >= 0.6 is 0 Å². The van der Waals surface area contributed by atoms with Gasteiger partial charge in [-0.25, -0.2) is 16.5 Å². The molecule has 7 nitrogen and oxygen atoms in total. The van der Waals surface area contributed by atoms with Gasteiger partial charge in [0.15, 0.2) is 0 Å². The summed E-state index contributed by atoms with van der Waals surface area (Å²) in [7, 11) is 0. The SMILES string of the molecule is N#CC1CCC2C(C1)CC(C#N)CC2N(N)C(=O)NN. The van der Waals surface area contributed by atoms with Crippen LogP contribution in [0.2, 0.25) is 0 Å². The summed E-state index contributed by atoms with van der Waals surface area (Å²) in [4.78, 5) is 11.6. The average Bonchev–Trinajstić information content (AvgIpc) is 2.51. The maximum atomic E-state index is 11.6. The van der Waals surface area contributed by atoms with Crippen LogP contribution in [0.5, 0.6) is 0 Å². The maximum Gasteiger partial charge on any atom is 0.345 e. The fourth-order valence-corrected chi connectivity index (χ4v) is 3.76. The van der Waals surface area contributed by atoms with Crippen molar-refractivity contribution < 1.29 is 4.79 Å². The second kappa shape index (κ2) is 6.08. The minimum Gasteiger partial charge on any atom is -0.275 e. The first kappa shape index (κ1) is 14.6. The Morgan fingerprint density at radius 2 is 1.80 bits per heavy atom. The monoisotopic (exact) mass is 276 g/mol. The number of urea groups is 1. The Morgan fingerprint density at radius 3 is 2.40 bits per heavy atom. The van der Waals surface area contributed by atoms with Crippen molar-refractivity contribution in [2.24, 2.45) is 35.4 Å². The lowest BCUT2D eigenvalue weighted by atomic mass is 9.63. The number of nitrogens with zero attached hydrogens (tertiary/aromatic N) is 3. The molecule has 7 heteroatoms. The standard InChI is InChI=1S/C13H20N6O/c14-6-8-1-2-11-10(3-8)4-9(7-15)5-12(11)19(17)13(20)18-16/h8-12H,1-5,16-17H2,(H,18,20). The smallest absolute Gasteiger partial charge is 0.275 e. The normalized spacial score (nSPS) is 36.1. The van der Waals surface area contributed by atoms with E-state index in [4.69, 9.17) is 16.9 Å². The fraction of sp³-hybridized carbons (Fsp3) is 0.769. The quantitative estimate of drug-likeness (QED) is 0.366. The van der Waals surface area contributed by atoms with Crippen molar-refractivity contribution >= 4 is 6.03 Å². The first-order valence-corrected chi connectivity index (χ1v) is 6.94. The van der Waals surface area contributed by atoms with E-state index in [1.54, 1.807) is 0 Å². The molecule has 5 N–H and O–H groups in total. The molecular formula is C13H20N6O. The van der Waals surface area contributed by atoms with Gasteiger partial charge < -0.3 is 0 Å². The first-order valence-electron chi connectivity index (χ1n) is 6.94. The van der Waals surface area contributed by atoms with E-state index in [1.807, 2.05) is 5.43 Å². The van der Waals surface area contributed by atoms with Crippen molar-refractivity contribution in [3.05, 3.63) is 0 Å². The minimum absolute atomic E-state index is 0.0592. The highest BCUT2D eigenvalue weighted by Gasteiger charge is 2.44.